The first-order valence-electron chi connectivity index (χ1n) is 4.40. The molecule has 13 heavy (non-hydrogen) atoms. The highest BCUT2D eigenvalue weighted by atomic mass is 79.9. The third-order valence-electron chi connectivity index (χ3n) is 2.52. The van der Waals surface area contributed by atoms with Crippen LogP contribution < -0.4 is 5.32 Å². The Morgan fingerprint density at radius 1 is 1.54 bits per heavy atom. The molecule has 0 amide bonds. The van der Waals surface area contributed by atoms with Gasteiger partial charge in [0.2, 0.25) is 0 Å². The summed E-state index contributed by atoms with van der Waals surface area (Å²) in [6.45, 7) is 2.92. The summed E-state index contributed by atoms with van der Waals surface area (Å²) in [6, 6.07) is 4.03. The maximum Gasteiger partial charge on any atom is 0.140 e. The van der Waals surface area contributed by atoms with Crippen LogP contribution in [0.3, 0.4) is 0 Å². The van der Waals surface area contributed by atoms with E-state index in [9.17, 15) is 4.39 Å². The molecule has 0 spiro atoms. The third-order valence-corrected chi connectivity index (χ3v) is 3.14. The second kappa shape index (κ2) is 3.39. The van der Waals surface area contributed by atoms with Gasteiger partial charge >= 0.3 is 0 Å². The fraction of sp³-hybridized carbons (Fsp3) is 0.400. The number of hydrogen-bond donors (Lipinski definition) is 1. The van der Waals surface area contributed by atoms with Crippen LogP contribution >= 0.6 is 15.9 Å². The highest BCUT2D eigenvalue weighted by molar-refractivity contribution is 9.10. The van der Waals surface area contributed by atoms with Crippen LogP contribution in [0.4, 0.5) is 4.39 Å². The summed E-state index contributed by atoms with van der Waals surface area (Å²) in [6.07, 6.45) is 0.783. The van der Waals surface area contributed by atoms with Gasteiger partial charge in [0.15, 0.2) is 0 Å². The van der Waals surface area contributed by atoms with Crippen molar-refractivity contribution in [3.8, 4) is 0 Å². The molecule has 1 nitrogen and oxygen atoms in total. The van der Waals surface area contributed by atoms with E-state index in [0.29, 0.717) is 4.47 Å². The third kappa shape index (κ3) is 1.51. The van der Waals surface area contributed by atoms with E-state index in [4.69, 9.17) is 0 Å². The van der Waals surface area contributed by atoms with Gasteiger partial charge in [-0.15, -0.1) is 0 Å². The van der Waals surface area contributed by atoms with Gasteiger partial charge in [0, 0.05) is 6.04 Å². The predicted octanol–water partition coefficient (Wildman–Crippen LogP) is 2.79. The van der Waals surface area contributed by atoms with Crippen LogP contribution in [0.2, 0.25) is 0 Å². The number of halogens is 2. The molecule has 1 unspecified atom stereocenters. The molecule has 0 aromatic heterocycles. The maximum absolute atomic E-state index is 13.6. The zero-order valence-corrected chi connectivity index (χ0v) is 8.99. The van der Waals surface area contributed by atoms with E-state index in [1.165, 1.54) is 0 Å². The number of hydrogen-bond acceptors (Lipinski definition) is 1. The molecule has 1 N–H and O–H groups in total. The van der Waals surface area contributed by atoms with Gasteiger partial charge < -0.3 is 5.32 Å². The summed E-state index contributed by atoms with van der Waals surface area (Å²) in [5.41, 5.74) is 1.95. The van der Waals surface area contributed by atoms with Gasteiger partial charge in [-0.3, -0.25) is 0 Å². The lowest BCUT2D eigenvalue weighted by Gasteiger charge is -2.24. The van der Waals surface area contributed by atoms with E-state index in [2.05, 4.69) is 28.2 Å². The van der Waals surface area contributed by atoms with Crippen molar-refractivity contribution >= 4 is 15.9 Å². The van der Waals surface area contributed by atoms with E-state index in [0.717, 1.165) is 24.1 Å². The van der Waals surface area contributed by atoms with E-state index in [-0.39, 0.29) is 11.9 Å². The minimum atomic E-state index is -0.0918. The topological polar surface area (TPSA) is 12.0 Å². The van der Waals surface area contributed by atoms with Crippen molar-refractivity contribution < 1.29 is 4.39 Å². The van der Waals surface area contributed by atoms with Crippen molar-refractivity contribution in [2.24, 2.45) is 0 Å². The number of benzene rings is 1. The Morgan fingerprint density at radius 2 is 2.31 bits per heavy atom. The molecular formula is C10H11BrFN. The van der Waals surface area contributed by atoms with E-state index >= 15 is 0 Å². The molecule has 0 aliphatic carbocycles. The van der Waals surface area contributed by atoms with Gasteiger partial charge in [0.25, 0.3) is 0 Å². The van der Waals surface area contributed by atoms with Crippen molar-refractivity contribution in [3.63, 3.8) is 0 Å². The lowest BCUT2D eigenvalue weighted by molar-refractivity contribution is 0.511. The fourth-order valence-corrected chi connectivity index (χ4v) is 2.16. The highest BCUT2D eigenvalue weighted by Crippen LogP contribution is 2.28. The van der Waals surface area contributed by atoms with Gasteiger partial charge in [-0.25, -0.2) is 4.39 Å². The Hall–Kier alpha value is -0.410. The van der Waals surface area contributed by atoms with Crippen LogP contribution in [-0.4, -0.2) is 6.54 Å². The Balaban J connectivity index is 2.56. The van der Waals surface area contributed by atoms with E-state index in [1.807, 2.05) is 6.07 Å². The quantitative estimate of drug-likeness (QED) is 0.739. The summed E-state index contributed by atoms with van der Waals surface area (Å²) in [5, 5.41) is 3.30. The second-order valence-electron chi connectivity index (χ2n) is 3.35. The molecule has 3 heteroatoms. The molecule has 0 radical (unpaired) electrons. The van der Waals surface area contributed by atoms with Crippen molar-refractivity contribution in [3.05, 3.63) is 33.5 Å². The molecule has 1 aromatic rings. The van der Waals surface area contributed by atoms with Gasteiger partial charge in [-0.2, -0.15) is 0 Å². The Bertz CT molecular complexity index is 338. The van der Waals surface area contributed by atoms with Crippen LogP contribution in [0, 0.1) is 5.82 Å². The molecule has 0 fully saturated rings. The first-order chi connectivity index (χ1) is 6.20. The molecule has 1 aliphatic rings. The minimum Gasteiger partial charge on any atom is -0.310 e. The van der Waals surface area contributed by atoms with Crippen molar-refractivity contribution in [2.45, 2.75) is 19.4 Å². The van der Waals surface area contributed by atoms with Gasteiger partial charge in [0.1, 0.15) is 5.82 Å². The summed E-state index contributed by atoms with van der Waals surface area (Å²) in [4.78, 5) is 0. The van der Waals surface area contributed by atoms with Crippen LogP contribution in [0.1, 0.15) is 24.1 Å². The highest BCUT2D eigenvalue weighted by Gasteiger charge is 2.19. The molecule has 1 aliphatic heterocycles. The Morgan fingerprint density at radius 3 is 3.08 bits per heavy atom. The average molecular weight is 244 g/mol. The molecule has 2 rings (SSSR count). The van der Waals surface area contributed by atoms with E-state index < -0.39 is 0 Å². The minimum absolute atomic E-state index is 0.0918. The maximum atomic E-state index is 13.6. The number of fused-ring (bicyclic) bond motifs is 1. The predicted molar refractivity (Wildman–Crippen MR) is 54.2 cm³/mol. The molecule has 0 saturated carbocycles. The van der Waals surface area contributed by atoms with Crippen LogP contribution in [0.25, 0.3) is 0 Å². The summed E-state index contributed by atoms with van der Waals surface area (Å²) in [5.74, 6) is -0.0918. The van der Waals surface area contributed by atoms with Crippen molar-refractivity contribution in [1.29, 1.82) is 0 Å². The first kappa shape index (κ1) is 9.16. The fourth-order valence-electron chi connectivity index (χ4n) is 1.79. The van der Waals surface area contributed by atoms with Crippen LogP contribution in [0.15, 0.2) is 16.6 Å². The van der Waals surface area contributed by atoms with Crippen molar-refractivity contribution in [2.75, 3.05) is 6.54 Å². The van der Waals surface area contributed by atoms with Gasteiger partial charge in [-0.1, -0.05) is 6.07 Å². The zero-order chi connectivity index (χ0) is 9.42. The average Bonchev–Trinajstić information content (AvgIpc) is 2.12. The molecular weight excluding hydrogens is 233 g/mol. The SMILES string of the molecule is CC1NCCc2c1ccc(Br)c2F. The van der Waals surface area contributed by atoms with Crippen LogP contribution in [0.5, 0.6) is 0 Å². The van der Waals surface area contributed by atoms with Crippen LogP contribution in [-0.2, 0) is 6.42 Å². The molecule has 1 aromatic carbocycles. The van der Waals surface area contributed by atoms with Gasteiger partial charge in [-0.05, 0) is 53.0 Å². The molecule has 1 heterocycles. The first-order valence-corrected chi connectivity index (χ1v) is 5.19. The monoisotopic (exact) mass is 243 g/mol. The summed E-state index contributed by atoms with van der Waals surface area (Å²) < 4.78 is 14.2. The normalized spacial score (nSPS) is 21.3. The van der Waals surface area contributed by atoms with E-state index in [1.54, 1.807) is 6.07 Å². The van der Waals surface area contributed by atoms with Crippen molar-refractivity contribution in [1.82, 2.24) is 5.32 Å². The molecule has 0 bridgehead atoms. The Kier molecular flexibility index (Phi) is 2.39. The lowest BCUT2D eigenvalue weighted by Crippen LogP contribution is -2.28. The number of nitrogens with one attached hydrogen (secondary N) is 1. The lowest BCUT2D eigenvalue weighted by atomic mass is 9.95. The smallest absolute Gasteiger partial charge is 0.140 e. The van der Waals surface area contributed by atoms with Gasteiger partial charge in [0.05, 0.1) is 4.47 Å². The second-order valence-corrected chi connectivity index (χ2v) is 4.21. The molecule has 1 atom stereocenters. The summed E-state index contributed by atoms with van der Waals surface area (Å²) in [7, 11) is 0. The Labute approximate surface area is 85.5 Å². The summed E-state index contributed by atoms with van der Waals surface area (Å²) >= 11 is 3.20. The largest absolute Gasteiger partial charge is 0.310 e. The standard InChI is InChI=1S/C10H11BrFN/c1-6-7-2-3-9(11)10(12)8(7)4-5-13-6/h2-3,6,13H,4-5H2,1H3. The zero-order valence-electron chi connectivity index (χ0n) is 7.40. The molecule has 70 valence electrons. The molecule has 0 saturated heterocycles. The number of rotatable bonds is 0.